The molecule has 17 heavy (non-hydrogen) atoms. The van der Waals surface area contributed by atoms with Gasteiger partial charge in [-0.15, -0.1) is 0 Å². The summed E-state index contributed by atoms with van der Waals surface area (Å²) in [6, 6.07) is 4.68. The quantitative estimate of drug-likeness (QED) is 0.916. The fraction of sp³-hybridized carbons (Fsp3) is 0.400. The summed E-state index contributed by atoms with van der Waals surface area (Å²) in [5.74, 6) is 0. The summed E-state index contributed by atoms with van der Waals surface area (Å²) in [6.07, 6.45) is 0.365. The van der Waals surface area contributed by atoms with Crippen molar-refractivity contribution in [3.63, 3.8) is 0 Å². The average molecular weight is 279 g/mol. The number of hydrogen-bond acceptors (Lipinski definition) is 3. The predicted molar refractivity (Wildman–Crippen MR) is 64.6 cm³/mol. The van der Waals surface area contributed by atoms with Crippen LogP contribution in [0.15, 0.2) is 23.1 Å². The molecule has 0 aromatic heterocycles. The third-order valence-electron chi connectivity index (χ3n) is 2.56. The van der Waals surface area contributed by atoms with Gasteiger partial charge in [0.25, 0.3) is 0 Å². The summed E-state index contributed by atoms with van der Waals surface area (Å²) in [5, 5.41) is 0.362. The molecule has 0 saturated carbocycles. The van der Waals surface area contributed by atoms with E-state index >= 15 is 0 Å². The van der Waals surface area contributed by atoms with Crippen molar-refractivity contribution in [2.75, 3.05) is 24.8 Å². The fourth-order valence-electron chi connectivity index (χ4n) is 1.74. The van der Waals surface area contributed by atoms with Gasteiger partial charge in [-0.05, 0) is 24.6 Å². The minimum atomic E-state index is -3.49. The first-order chi connectivity index (χ1) is 8.04. The maximum atomic E-state index is 12.2. The van der Waals surface area contributed by atoms with Crippen LogP contribution in [-0.2, 0) is 10.0 Å². The van der Waals surface area contributed by atoms with E-state index < -0.39 is 16.7 Å². The molecule has 0 saturated heterocycles. The van der Waals surface area contributed by atoms with E-state index in [9.17, 15) is 12.8 Å². The number of benzene rings is 1. The first-order valence-corrected chi connectivity index (χ1v) is 7.01. The molecule has 1 heterocycles. The lowest BCUT2D eigenvalue weighted by Gasteiger charge is -2.31. The monoisotopic (exact) mass is 278 g/mol. The van der Waals surface area contributed by atoms with Crippen LogP contribution in [-0.4, -0.2) is 28.3 Å². The van der Waals surface area contributed by atoms with Gasteiger partial charge in [0.1, 0.15) is 4.90 Å². The van der Waals surface area contributed by atoms with Crippen LogP contribution in [0, 0.1) is 0 Å². The second-order valence-corrected chi connectivity index (χ2v) is 5.90. The van der Waals surface area contributed by atoms with Crippen molar-refractivity contribution < 1.29 is 12.8 Å². The number of nitrogens with zero attached hydrogens (tertiary/aromatic N) is 1. The summed E-state index contributed by atoms with van der Waals surface area (Å²) in [6.45, 7) is 0.205. The second-order valence-electron chi connectivity index (χ2n) is 3.72. The molecular weight excluding hydrogens is 267 g/mol. The van der Waals surface area contributed by atoms with Crippen molar-refractivity contribution in [3.05, 3.63) is 23.2 Å². The first kappa shape index (κ1) is 12.6. The highest BCUT2D eigenvalue weighted by Gasteiger charge is 2.27. The van der Waals surface area contributed by atoms with Crippen LogP contribution in [0.1, 0.15) is 6.42 Å². The van der Waals surface area contributed by atoms with Gasteiger partial charge in [-0.1, -0.05) is 11.6 Å². The maximum absolute atomic E-state index is 12.2. The Morgan fingerprint density at radius 2 is 2.24 bits per heavy atom. The zero-order valence-corrected chi connectivity index (χ0v) is 10.6. The molecule has 1 aromatic carbocycles. The van der Waals surface area contributed by atoms with Crippen LogP contribution in [0.4, 0.5) is 10.1 Å². The van der Waals surface area contributed by atoms with E-state index in [2.05, 4.69) is 4.72 Å². The molecule has 1 N–H and O–H groups in total. The van der Waals surface area contributed by atoms with Gasteiger partial charge in [-0.2, -0.15) is 4.72 Å². The molecule has 0 spiro atoms. The molecular formula is C10H12ClFN2O2S. The van der Waals surface area contributed by atoms with Crippen molar-refractivity contribution in [2.24, 2.45) is 0 Å². The van der Waals surface area contributed by atoms with Crippen molar-refractivity contribution in [2.45, 2.75) is 11.3 Å². The highest BCUT2D eigenvalue weighted by Crippen LogP contribution is 2.30. The Balaban J connectivity index is 2.41. The van der Waals surface area contributed by atoms with Gasteiger partial charge < -0.3 is 4.90 Å². The standard InChI is InChI=1S/C10H12ClFN2O2S/c11-8-2-3-9-10(6-8)17(15,16)13-7-14(9)5-1-4-12/h2-3,6,13H,1,4-5,7H2. The number of halogens is 2. The Kier molecular flexibility index (Phi) is 3.56. The van der Waals surface area contributed by atoms with Gasteiger partial charge in [-0.3, -0.25) is 4.39 Å². The molecule has 0 fully saturated rings. The summed E-state index contributed by atoms with van der Waals surface area (Å²) in [4.78, 5) is 1.93. The van der Waals surface area contributed by atoms with Crippen LogP contribution in [0.2, 0.25) is 5.02 Å². The molecule has 0 unspecified atom stereocenters. The molecule has 2 rings (SSSR count). The normalized spacial score (nSPS) is 17.9. The number of alkyl halides is 1. The van der Waals surface area contributed by atoms with E-state index in [1.54, 1.807) is 17.0 Å². The minimum Gasteiger partial charge on any atom is -0.357 e. The molecule has 0 radical (unpaired) electrons. The highest BCUT2D eigenvalue weighted by atomic mass is 35.5. The van der Waals surface area contributed by atoms with Crippen LogP contribution in [0.5, 0.6) is 0 Å². The van der Waals surface area contributed by atoms with Crippen LogP contribution in [0.25, 0.3) is 0 Å². The van der Waals surface area contributed by atoms with E-state index in [-0.39, 0.29) is 11.6 Å². The lowest BCUT2D eigenvalue weighted by atomic mass is 10.2. The largest absolute Gasteiger partial charge is 0.357 e. The molecule has 0 aliphatic carbocycles. The molecule has 1 aromatic rings. The van der Waals surface area contributed by atoms with Gasteiger partial charge >= 0.3 is 0 Å². The third kappa shape index (κ3) is 2.53. The predicted octanol–water partition coefficient (Wildman–Crippen LogP) is 1.76. The molecule has 4 nitrogen and oxygen atoms in total. The van der Waals surface area contributed by atoms with Gasteiger partial charge in [0.2, 0.25) is 10.0 Å². The Hall–Kier alpha value is -0.850. The smallest absolute Gasteiger partial charge is 0.244 e. The van der Waals surface area contributed by atoms with E-state index in [0.29, 0.717) is 23.7 Å². The minimum absolute atomic E-state index is 0.148. The van der Waals surface area contributed by atoms with Crippen molar-refractivity contribution in [3.8, 4) is 0 Å². The van der Waals surface area contributed by atoms with Gasteiger partial charge in [-0.25, -0.2) is 8.42 Å². The number of fused-ring (bicyclic) bond motifs is 1. The van der Waals surface area contributed by atoms with E-state index in [4.69, 9.17) is 11.6 Å². The lowest BCUT2D eigenvalue weighted by molar-refractivity contribution is 0.468. The number of rotatable bonds is 3. The van der Waals surface area contributed by atoms with E-state index in [1.807, 2.05) is 0 Å². The Morgan fingerprint density at radius 3 is 2.94 bits per heavy atom. The molecule has 1 aliphatic rings. The zero-order valence-electron chi connectivity index (χ0n) is 8.99. The molecule has 0 amide bonds. The van der Waals surface area contributed by atoms with Crippen LogP contribution >= 0.6 is 11.6 Å². The summed E-state index contributed by atoms with van der Waals surface area (Å²) < 4.78 is 38.1. The van der Waals surface area contributed by atoms with Crippen molar-refractivity contribution in [1.82, 2.24) is 4.72 Å². The van der Waals surface area contributed by atoms with Crippen molar-refractivity contribution >= 4 is 27.3 Å². The number of sulfonamides is 1. The molecule has 0 bridgehead atoms. The highest BCUT2D eigenvalue weighted by molar-refractivity contribution is 7.89. The number of nitrogens with one attached hydrogen (secondary N) is 1. The summed E-state index contributed by atoms with van der Waals surface area (Å²) >= 11 is 5.79. The lowest BCUT2D eigenvalue weighted by Crippen LogP contribution is -2.43. The summed E-state index contributed by atoms with van der Waals surface area (Å²) in [5.41, 5.74) is 0.571. The van der Waals surface area contributed by atoms with Crippen molar-refractivity contribution in [1.29, 1.82) is 0 Å². The van der Waals surface area contributed by atoms with Gasteiger partial charge in [0.15, 0.2) is 0 Å². The van der Waals surface area contributed by atoms with E-state index in [0.717, 1.165) is 0 Å². The van der Waals surface area contributed by atoms with Crippen LogP contribution in [0.3, 0.4) is 0 Å². The van der Waals surface area contributed by atoms with E-state index in [1.165, 1.54) is 6.07 Å². The number of hydrogen-bond donors (Lipinski definition) is 1. The summed E-state index contributed by atoms with van der Waals surface area (Å²) in [7, 11) is -3.49. The third-order valence-corrected chi connectivity index (χ3v) is 4.21. The van der Waals surface area contributed by atoms with Crippen LogP contribution < -0.4 is 9.62 Å². The van der Waals surface area contributed by atoms with Gasteiger partial charge in [0.05, 0.1) is 19.0 Å². The fourth-order valence-corrected chi connectivity index (χ4v) is 3.21. The number of anilines is 1. The first-order valence-electron chi connectivity index (χ1n) is 5.15. The second kappa shape index (κ2) is 4.80. The SMILES string of the molecule is O=S1(=O)NCN(CCCF)c2ccc(Cl)cc21. The Bertz CT molecular complexity index is 521. The Labute approximate surface area is 104 Å². The van der Waals surface area contributed by atoms with Gasteiger partial charge in [0, 0.05) is 11.6 Å². The Morgan fingerprint density at radius 1 is 1.47 bits per heavy atom. The zero-order chi connectivity index (χ0) is 12.5. The molecule has 7 heteroatoms. The topological polar surface area (TPSA) is 49.4 Å². The molecule has 0 atom stereocenters. The maximum Gasteiger partial charge on any atom is 0.244 e. The molecule has 1 aliphatic heterocycles. The average Bonchev–Trinajstić information content (AvgIpc) is 2.29. The molecule has 94 valence electrons.